The number of phenols is 1. The topological polar surface area (TPSA) is 280 Å². The van der Waals surface area contributed by atoms with E-state index in [4.69, 9.17) is 16.6 Å². The van der Waals surface area contributed by atoms with Gasteiger partial charge in [0.1, 0.15) is 23.9 Å². The molecule has 0 radical (unpaired) electrons. The van der Waals surface area contributed by atoms with Crippen molar-refractivity contribution in [1.29, 1.82) is 0 Å². The van der Waals surface area contributed by atoms with Gasteiger partial charge in [0.25, 0.3) is 0 Å². The number of carboxylic acids is 2. The third-order valence-electron chi connectivity index (χ3n) is 5.65. The molecule has 216 valence electrons. The molecule has 1 aromatic heterocycles. The molecule has 0 saturated carbocycles. The lowest BCUT2D eigenvalue weighted by molar-refractivity contribution is -0.143. The van der Waals surface area contributed by atoms with Crippen LogP contribution >= 0.6 is 0 Å². The first kappa shape index (κ1) is 31.2. The summed E-state index contributed by atoms with van der Waals surface area (Å²) in [5, 5.41) is 34.9. The number of rotatable bonds is 16. The summed E-state index contributed by atoms with van der Waals surface area (Å²) in [5.41, 5.74) is 11.8. The number of aliphatic carboxylic acids is 2. The standard InChI is InChI=1S/C24H31N7O9/c25-15(5-6-20(34)35)21(36)29-17(8-13-10-27-11-28-13)23(38)30-16(7-12-1-3-14(32)4-2-12)22(37)31-18(24(39)40)9-19(26)33/h1-4,10-11,15-18,32H,5-9,25H2,(H2,26,33)(H,27,28)(H,29,36)(H,30,38)(H,31,37)(H,34,35)(H,39,40). The predicted octanol–water partition coefficient (Wildman–Crippen LogP) is -2.49. The van der Waals surface area contributed by atoms with E-state index in [2.05, 4.69) is 25.9 Å². The first-order valence-electron chi connectivity index (χ1n) is 12.0. The summed E-state index contributed by atoms with van der Waals surface area (Å²) >= 11 is 0. The van der Waals surface area contributed by atoms with Crippen molar-refractivity contribution in [1.82, 2.24) is 25.9 Å². The van der Waals surface area contributed by atoms with Crippen LogP contribution in [0.1, 0.15) is 30.5 Å². The van der Waals surface area contributed by atoms with Gasteiger partial charge in [-0.2, -0.15) is 0 Å². The Balaban J connectivity index is 2.29. The quantitative estimate of drug-likeness (QED) is 0.103. The number of carbonyl (C=O) groups excluding carboxylic acids is 4. The number of carbonyl (C=O) groups is 6. The number of nitrogens with one attached hydrogen (secondary N) is 4. The molecular weight excluding hydrogens is 530 g/mol. The summed E-state index contributed by atoms with van der Waals surface area (Å²) in [6.45, 7) is 0. The van der Waals surface area contributed by atoms with Gasteiger partial charge >= 0.3 is 11.9 Å². The van der Waals surface area contributed by atoms with Gasteiger partial charge in [0, 0.05) is 31.2 Å². The van der Waals surface area contributed by atoms with Crippen LogP contribution in [0.25, 0.3) is 0 Å². The molecule has 0 fully saturated rings. The fourth-order valence-electron chi connectivity index (χ4n) is 3.54. The zero-order valence-electron chi connectivity index (χ0n) is 21.2. The summed E-state index contributed by atoms with van der Waals surface area (Å²) in [6, 6.07) is 0.0360. The van der Waals surface area contributed by atoms with E-state index in [1.807, 2.05) is 0 Å². The van der Waals surface area contributed by atoms with Crippen molar-refractivity contribution < 1.29 is 44.1 Å². The molecular formula is C24H31N7O9. The Labute approximate surface area is 227 Å². The summed E-state index contributed by atoms with van der Waals surface area (Å²) in [7, 11) is 0. The lowest BCUT2D eigenvalue weighted by Crippen LogP contribution is -2.58. The number of hydrogen-bond acceptors (Lipinski definition) is 9. The third-order valence-corrected chi connectivity index (χ3v) is 5.65. The maximum absolute atomic E-state index is 13.3. The zero-order chi connectivity index (χ0) is 29.8. The highest BCUT2D eigenvalue weighted by Gasteiger charge is 2.31. The van der Waals surface area contributed by atoms with E-state index in [9.17, 15) is 39.0 Å². The summed E-state index contributed by atoms with van der Waals surface area (Å²) in [4.78, 5) is 79.3. The fourth-order valence-corrected chi connectivity index (χ4v) is 3.54. The van der Waals surface area contributed by atoms with Gasteiger partial charge in [-0.25, -0.2) is 9.78 Å². The number of imidazole rings is 1. The molecule has 2 rings (SSSR count). The van der Waals surface area contributed by atoms with Crippen LogP contribution in [0.2, 0.25) is 0 Å². The lowest BCUT2D eigenvalue weighted by Gasteiger charge is -2.25. The number of primary amides is 1. The smallest absolute Gasteiger partial charge is 0.326 e. The molecule has 11 N–H and O–H groups in total. The maximum atomic E-state index is 13.3. The molecule has 1 aromatic carbocycles. The second-order valence-corrected chi connectivity index (χ2v) is 8.88. The number of carboxylic acid groups (broad SMARTS) is 2. The van der Waals surface area contributed by atoms with E-state index in [0.717, 1.165) is 0 Å². The molecule has 0 aliphatic heterocycles. The molecule has 0 saturated heterocycles. The molecule has 0 spiro atoms. The van der Waals surface area contributed by atoms with E-state index in [1.54, 1.807) is 0 Å². The van der Waals surface area contributed by atoms with Crippen LogP contribution in [0, 0.1) is 0 Å². The van der Waals surface area contributed by atoms with Gasteiger partial charge in [-0.3, -0.25) is 24.0 Å². The summed E-state index contributed by atoms with van der Waals surface area (Å²) < 4.78 is 0. The van der Waals surface area contributed by atoms with Crippen LogP contribution < -0.4 is 27.4 Å². The van der Waals surface area contributed by atoms with Crippen molar-refractivity contribution in [2.75, 3.05) is 0 Å². The number of aromatic hydroxyl groups is 1. The van der Waals surface area contributed by atoms with Crippen LogP contribution in [0.15, 0.2) is 36.8 Å². The van der Waals surface area contributed by atoms with Gasteiger partial charge in [-0.1, -0.05) is 12.1 Å². The fraction of sp³-hybridized carbons (Fsp3) is 0.375. The lowest BCUT2D eigenvalue weighted by atomic mass is 10.0. The summed E-state index contributed by atoms with van der Waals surface area (Å²) in [5.74, 6) is -6.34. The van der Waals surface area contributed by atoms with Gasteiger partial charge in [-0.15, -0.1) is 0 Å². The van der Waals surface area contributed by atoms with Crippen LogP contribution in [-0.4, -0.2) is 85.0 Å². The highest BCUT2D eigenvalue weighted by molar-refractivity contribution is 5.95. The Morgan fingerprint density at radius 1 is 0.875 bits per heavy atom. The first-order valence-corrected chi connectivity index (χ1v) is 12.0. The van der Waals surface area contributed by atoms with Gasteiger partial charge in [0.05, 0.1) is 18.8 Å². The molecule has 4 unspecified atom stereocenters. The van der Waals surface area contributed by atoms with Crippen molar-refractivity contribution >= 4 is 35.6 Å². The van der Waals surface area contributed by atoms with E-state index >= 15 is 0 Å². The minimum absolute atomic E-state index is 0.0530. The number of phenolic OH excluding ortho intramolecular Hbond substituents is 1. The second-order valence-electron chi connectivity index (χ2n) is 8.88. The number of hydrogen-bond donors (Lipinski definition) is 9. The maximum Gasteiger partial charge on any atom is 0.326 e. The number of benzene rings is 1. The minimum atomic E-state index is -1.67. The molecule has 40 heavy (non-hydrogen) atoms. The molecule has 4 amide bonds. The Morgan fingerprint density at radius 2 is 1.45 bits per heavy atom. The Kier molecular flexibility index (Phi) is 11.6. The van der Waals surface area contributed by atoms with Crippen LogP contribution in [0.4, 0.5) is 0 Å². The SMILES string of the molecule is NC(=O)CC(NC(=O)C(Cc1ccc(O)cc1)NC(=O)C(Cc1cnc[nH]1)NC(=O)C(N)CCC(=O)O)C(=O)O. The Hall–Kier alpha value is -4.99. The number of amides is 4. The third kappa shape index (κ3) is 10.4. The van der Waals surface area contributed by atoms with Crippen LogP contribution in [0.5, 0.6) is 5.75 Å². The van der Waals surface area contributed by atoms with Crippen molar-refractivity contribution in [2.45, 2.75) is 56.3 Å². The largest absolute Gasteiger partial charge is 0.508 e. The molecule has 16 nitrogen and oxygen atoms in total. The van der Waals surface area contributed by atoms with Crippen molar-refractivity contribution in [3.05, 3.63) is 48.0 Å². The molecule has 0 bridgehead atoms. The number of nitrogens with two attached hydrogens (primary N) is 2. The van der Waals surface area contributed by atoms with E-state index in [0.29, 0.717) is 11.3 Å². The average molecular weight is 562 g/mol. The van der Waals surface area contributed by atoms with E-state index in [-0.39, 0.29) is 31.4 Å². The van der Waals surface area contributed by atoms with Gasteiger partial charge in [0.2, 0.25) is 23.6 Å². The molecule has 16 heteroatoms. The number of H-pyrrole nitrogens is 1. The first-order chi connectivity index (χ1) is 18.8. The van der Waals surface area contributed by atoms with E-state index < -0.39 is 66.2 Å². The highest BCUT2D eigenvalue weighted by atomic mass is 16.4. The van der Waals surface area contributed by atoms with Gasteiger partial charge < -0.3 is 47.7 Å². The van der Waals surface area contributed by atoms with Gasteiger partial charge in [-0.05, 0) is 24.1 Å². The van der Waals surface area contributed by atoms with Crippen LogP contribution in [-0.2, 0) is 41.6 Å². The number of aromatic nitrogens is 2. The molecule has 1 heterocycles. The zero-order valence-corrected chi connectivity index (χ0v) is 21.2. The second kappa shape index (κ2) is 14.8. The Bertz CT molecular complexity index is 1200. The summed E-state index contributed by atoms with van der Waals surface area (Å²) in [6.07, 6.45) is 1.20. The van der Waals surface area contributed by atoms with E-state index in [1.165, 1.54) is 36.8 Å². The molecule has 4 atom stereocenters. The predicted molar refractivity (Wildman–Crippen MR) is 136 cm³/mol. The number of nitrogens with zero attached hydrogens (tertiary/aromatic N) is 1. The Morgan fingerprint density at radius 3 is 1.98 bits per heavy atom. The van der Waals surface area contributed by atoms with Crippen molar-refractivity contribution in [3.63, 3.8) is 0 Å². The van der Waals surface area contributed by atoms with Crippen molar-refractivity contribution in [3.8, 4) is 5.75 Å². The normalized spacial score (nSPS) is 13.7. The molecule has 0 aliphatic carbocycles. The highest BCUT2D eigenvalue weighted by Crippen LogP contribution is 2.12. The molecule has 2 aromatic rings. The average Bonchev–Trinajstić information content (AvgIpc) is 3.40. The van der Waals surface area contributed by atoms with Crippen LogP contribution in [0.3, 0.4) is 0 Å². The van der Waals surface area contributed by atoms with Gasteiger partial charge in [0.15, 0.2) is 0 Å². The molecule has 0 aliphatic rings. The van der Waals surface area contributed by atoms with Crippen molar-refractivity contribution in [2.24, 2.45) is 11.5 Å². The number of aromatic amines is 1. The minimum Gasteiger partial charge on any atom is -0.508 e. The monoisotopic (exact) mass is 561 g/mol.